The Morgan fingerprint density at radius 3 is 2.88 bits per heavy atom. The molecule has 0 N–H and O–H groups in total. The van der Waals surface area contributed by atoms with Crippen molar-refractivity contribution in [2.75, 3.05) is 13.1 Å². The number of amides is 1. The third kappa shape index (κ3) is 2.46. The standard InChI is InChI=1S/C13H16BrNO/c1-10-5-4-8-15(9-10)13(16)11-6-2-3-7-12(11)14/h2-3,6-7,10H,4-5,8-9H2,1H3/t10-/m1/s1. The second kappa shape index (κ2) is 5.00. The zero-order chi connectivity index (χ0) is 11.5. The monoisotopic (exact) mass is 281 g/mol. The number of rotatable bonds is 1. The number of carbonyl (C=O) groups is 1. The van der Waals surface area contributed by atoms with Crippen LogP contribution in [0.3, 0.4) is 0 Å². The Morgan fingerprint density at radius 2 is 2.19 bits per heavy atom. The Balaban J connectivity index is 2.16. The molecule has 1 aromatic rings. The maximum atomic E-state index is 12.3. The van der Waals surface area contributed by atoms with E-state index in [1.165, 1.54) is 6.42 Å². The van der Waals surface area contributed by atoms with Crippen LogP contribution in [0.2, 0.25) is 0 Å². The maximum absolute atomic E-state index is 12.3. The Morgan fingerprint density at radius 1 is 1.44 bits per heavy atom. The topological polar surface area (TPSA) is 20.3 Å². The molecule has 0 aromatic heterocycles. The first kappa shape index (κ1) is 11.6. The van der Waals surface area contributed by atoms with Crippen molar-refractivity contribution in [2.45, 2.75) is 19.8 Å². The van der Waals surface area contributed by atoms with Crippen LogP contribution in [0, 0.1) is 5.92 Å². The van der Waals surface area contributed by atoms with Gasteiger partial charge in [-0.05, 0) is 46.8 Å². The first-order valence-corrected chi connectivity index (χ1v) is 6.51. The lowest BCUT2D eigenvalue weighted by atomic mass is 9.99. The van der Waals surface area contributed by atoms with Crippen LogP contribution in [-0.4, -0.2) is 23.9 Å². The molecule has 0 aliphatic carbocycles. The van der Waals surface area contributed by atoms with E-state index in [2.05, 4.69) is 22.9 Å². The van der Waals surface area contributed by atoms with Gasteiger partial charge in [0.05, 0.1) is 5.56 Å². The maximum Gasteiger partial charge on any atom is 0.255 e. The number of halogens is 1. The second-order valence-corrected chi connectivity index (χ2v) is 5.33. The Hall–Kier alpha value is -0.830. The van der Waals surface area contributed by atoms with E-state index in [0.29, 0.717) is 5.92 Å². The summed E-state index contributed by atoms with van der Waals surface area (Å²) in [6, 6.07) is 7.64. The molecule has 3 heteroatoms. The highest BCUT2D eigenvalue weighted by Gasteiger charge is 2.22. The largest absolute Gasteiger partial charge is 0.338 e. The lowest BCUT2D eigenvalue weighted by Gasteiger charge is -2.31. The van der Waals surface area contributed by atoms with Crippen molar-refractivity contribution in [3.05, 3.63) is 34.3 Å². The van der Waals surface area contributed by atoms with E-state index in [1.807, 2.05) is 29.2 Å². The molecule has 1 fully saturated rings. The number of carbonyl (C=O) groups excluding carboxylic acids is 1. The van der Waals surface area contributed by atoms with Gasteiger partial charge >= 0.3 is 0 Å². The minimum atomic E-state index is 0.152. The van der Waals surface area contributed by atoms with Crippen molar-refractivity contribution in [2.24, 2.45) is 5.92 Å². The molecular formula is C13H16BrNO. The summed E-state index contributed by atoms with van der Waals surface area (Å²) in [4.78, 5) is 14.2. The molecule has 0 saturated carbocycles. The van der Waals surface area contributed by atoms with Crippen molar-refractivity contribution >= 4 is 21.8 Å². The van der Waals surface area contributed by atoms with Gasteiger partial charge < -0.3 is 4.90 Å². The van der Waals surface area contributed by atoms with E-state index in [1.54, 1.807) is 0 Å². The average Bonchev–Trinajstić information content (AvgIpc) is 2.29. The lowest BCUT2D eigenvalue weighted by molar-refractivity contribution is 0.0682. The molecule has 0 radical (unpaired) electrons. The molecular weight excluding hydrogens is 266 g/mol. The fourth-order valence-electron chi connectivity index (χ4n) is 2.18. The Bertz CT molecular complexity index is 391. The summed E-state index contributed by atoms with van der Waals surface area (Å²) < 4.78 is 0.887. The molecule has 86 valence electrons. The molecule has 1 aliphatic heterocycles. The number of benzene rings is 1. The van der Waals surface area contributed by atoms with Gasteiger partial charge in [0.2, 0.25) is 0 Å². The van der Waals surface area contributed by atoms with Gasteiger partial charge in [0.15, 0.2) is 0 Å². The zero-order valence-corrected chi connectivity index (χ0v) is 11.0. The van der Waals surface area contributed by atoms with Gasteiger partial charge in [0.1, 0.15) is 0 Å². The molecule has 2 nitrogen and oxygen atoms in total. The SMILES string of the molecule is C[C@@H]1CCCN(C(=O)c2ccccc2Br)C1. The first-order valence-electron chi connectivity index (χ1n) is 5.72. The summed E-state index contributed by atoms with van der Waals surface area (Å²) in [7, 11) is 0. The van der Waals surface area contributed by atoms with Crippen LogP contribution in [0.15, 0.2) is 28.7 Å². The van der Waals surface area contributed by atoms with Crippen LogP contribution in [0.1, 0.15) is 30.1 Å². The minimum absolute atomic E-state index is 0.152. The number of likely N-dealkylation sites (tertiary alicyclic amines) is 1. The first-order chi connectivity index (χ1) is 7.68. The highest BCUT2D eigenvalue weighted by molar-refractivity contribution is 9.10. The van der Waals surface area contributed by atoms with Crippen LogP contribution in [0.25, 0.3) is 0 Å². The van der Waals surface area contributed by atoms with Gasteiger partial charge in [-0.2, -0.15) is 0 Å². The molecule has 1 atom stereocenters. The third-order valence-corrected chi connectivity index (χ3v) is 3.74. The molecule has 1 amide bonds. The van der Waals surface area contributed by atoms with E-state index < -0.39 is 0 Å². The predicted molar refractivity (Wildman–Crippen MR) is 68.4 cm³/mol. The molecule has 1 aromatic carbocycles. The van der Waals surface area contributed by atoms with Crippen LogP contribution >= 0.6 is 15.9 Å². The quantitative estimate of drug-likeness (QED) is 0.773. The molecule has 0 spiro atoms. The number of hydrogen-bond donors (Lipinski definition) is 0. The van der Waals surface area contributed by atoms with Crippen molar-refractivity contribution in [1.82, 2.24) is 4.90 Å². The van der Waals surface area contributed by atoms with Gasteiger partial charge in [0, 0.05) is 17.6 Å². The van der Waals surface area contributed by atoms with E-state index in [4.69, 9.17) is 0 Å². The summed E-state index contributed by atoms with van der Waals surface area (Å²) in [6.45, 7) is 3.99. The number of hydrogen-bond acceptors (Lipinski definition) is 1. The smallest absolute Gasteiger partial charge is 0.255 e. The average molecular weight is 282 g/mol. The van der Waals surface area contributed by atoms with Crippen molar-refractivity contribution < 1.29 is 4.79 Å². The summed E-state index contributed by atoms with van der Waals surface area (Å²) in [6.07, 6.45) is 2.36. The highest BCUT2D eigenvalue weighted by atomic mass is 79.9. The fraction of sp³-hybridized carbons (Fsp3) is 0.462. The Labute approximate surface area is 105 Å². The number of nitrogens with zero attached hydrogens (tertiary/aromatic N) is 1. The molecule has 0 unspecified atom stereocenters. The van der Waals surface area contributed by atoms with E-state index in [0.717, 1.165) is 29.5 Å². The minimum Gasteiger partial charge on any atom is -0.338 e. The van der Waals surface area contributed by atoms with Gasteiger partial charge in [0.25, 0.3) is 5.91 Å². The van der Waals surface area contributed by atoms with Crippen LogP contribution in [0.5, 0.6) is 0 Å². The van der Waals surface area contributed by atoms with Crippen molar-refractivity contribution in [3.63, 3.8) is 0 Å². The molecule has 1 saturated heterocycles. The number of piperidine rings is 1. The highest BCUT2D eigenvalue weighted by Crippen LogP contribution is 2.22. The predicted octanol–water partition coefficient (Wildman–Crippen LogP) is 3.32. The van der Waals surface area contributed by atoms with Crippen LogP contribution in [-0.2, 0) is 0 Å². The molecule has 0 bridgehead atoms. The molecule has 1 aliphatic rings. The van der Waals surface area contributed by atoms with Gasteiger partial charge in [-0.25, -0.2) is 0 Å². The summed E-state index contributed by atoms with van der Waals surface area (Å²) >= 11 is 3.43. The molecule has 16 heavy (non-hydrogen) atoms. The Kier molecular flexibility index (Phi) is 3.64. The second-order valence-electron chi connectivity index (χ2n) is 4.48. The summed E-state index contributed by atoms with van der Waals surface area (Å²) in [5.41, 5.74) is 0.775. The zero-order valence-electron chi connectivity index (χ0n) is 9.45. The summed E-state index contributed by atoms with van der Waals surface area (Å²) in [5.74, 6) is 0.777. The lowest BCUT2D eigenvalue weighted by Crippen LogP contribution is -2.39. The van der Waals surface area contributed by atoms with E-state index in [-0.39, 0.29) is 5.91 Å². The normalized spacial score (nSPS) is 20.9. The third-order valence-electron chi connectivity index (χ3n) is 3.05. The molecule has 1 heterocycles. The van der Waals surface area contributed by atoms with Crippen molar-refractivity contribution in [3.8, 4) is 0 Å². The van der Waals surface area contributed by atoms with Gasteiger partial charge in [-0.3, -0.25) is 4.79 Å². The van der Waals surface area contributed by atoms with Gasteiger partial charge in [-0.15, -0.1) is 0 Å². The van der Waals surface area contributed by atoms with Crippen molar-refractivity contribution in [1.29, 1.82) is 0 Å². The van der Waals surface area contributed by atoms with Crippen LogP contribution in [0.4, 0.5) is 0 Å². The molecule has 2 rings (SSSR count). The van der Waals surface area contributed by atoms with Crippen LogP contribution < -0.4 is 0 Å². The summed E-state index contributed by atoms with van der Waals surface area (Å²) in [5, 5.41) is 0. The fourth-order valence-corrected chi connectivity index (χ4v) is 2.63. The van der Waals surface area contributed by atoms with E-state index in [9.17, 15) is 4.79 Å². The van der Waals surface area contributed by atoms with Gasteiger partial charge in [-0.1, -0.05) is 19.1 Å². The van der Waals surface area contributed by atoms with E-state index >= 15 is 0 Å².